The number of ether oxygens (including phenoxy) is 2. The molecule has 0 bridgehead atoms. The van der Waals surface area contributed by atoms with Crippen LogP contribution in [0.5, 0.6) is 11.5 Å². The van der Waals surface area contributed by atoms with Crippen LogP contribution >= 0.6 is 0 Å². The number of rotatable bonds is 15. The Hall–Kier alpha value is -6.68. The van der Waals surface area contributed by atoms with Crippen molar-refractivity contribution in [2.75, 3.05) is 46.7 Å². The van der Waals surface area contributed by atoms with E-state index >= 15 is 8.78 Å². The van der Waals surface area contributed by atoms with Crippen LogP contribution in [0.1, 0.15) is 17.5 Å². The lowest BCUT2D eigenvalue weighted by Gasteiger charge is -2.28. The Kier molecular flexibility index (Phi) is 11.2. The van der Waals surface area contributed by atoms with E-state index < -0.39 is 27.7 Å². The van der Waals surface area contributed by atoms with E-state index in [9.17, 15) is 19.7 Å². The van der Waals surface area contributed by atoms with Crippen LogP contribution in [0, 0.1) is 21.7 Å². The van der Waals surface area contributed by atoms with Gasteiger partial charge in [-0.1, -0.05) is 29.3 Å². The summed E-state index contributed by atoms with van der Waals surface area (Å²) in [4.78, 5) is 55.1. The van der Waals surface area contributed by atoms with Crippen molar-refractivity contribution in [3.8, 4) is 22.6 Å². The Bertz CT molecular complexity index is 2420. The van der Waals surface area contributed by atoms with Crippen molar-refractivity contribution in [3.63, 3.8) is 0 Å². The largest absolute Gasteiger partial charge is 0.494 e. The molecule has 0 saturated heterocycles. The van der Waals surface area contributed by atoms with Gasteiger partial charge < -0.3 is 29.4 Å². The molecule has 0 atom stereocenters. The van der Waals surface area contributed by atoms with Gasteiger partial charge in [0.25, 0.3) is 5.56 Å². The summed E-state index contributed by atoms with van der Waals surface area (Å²) in [7, 11) is 6.27. The Balaban J connectivity index is 1.31. The van der Waals surface area contributed by atoms with Crippen molar-refractivity contribution in [1.29, 1.82) is 0 Å². The second-order valence-corrected chi connectivity index (χ2v) is 13.4. The fourth-order valence-corrected chi connectivity index (χ4v) is 6.30. The lowest BCUT2D eigenvalue weighted by molar-refractivity contribution is -0.880. The summed E-state index contributed by atoms with van der Waals surface area (Å²) in [5, 5.41) is 14.7. The fourth-order valence-electron chi connectivity index (χ4n) is 6.30. The maximum atomic E-state index is 15.8. The van der Waals surface area contributed by atoms with Crippen molar-refractivity contribution in [3.05, 3.63) is 134 Å². The third-order valence-corrected chi connectivity index (χ3v) is 8.86. The zero-order valence-electron chi connectivity index (χ0n) is 30.5. The van der Waals surface area contributed by atoms with E-state index in [1.807, 2.05) is 14.1 Å². The third-order valence-electron chi connectivity index (χ3n) is 8.86. The minimum Gasteiger partial charge on any atom is -0.494 e. The molecule has 282 valence electrons. The van der Waals surface area contributed by atoms with E-state index in [1.54, 1.807) is 54.9 Å². The number of methoxy groups -OCH3 is 2. The smallest absolute Gasteiger partial charge is 0.368 e. The standard InChI is InChI=1S/C39H36F2N8O6/c1-49(2,23-26-12-14-43-36(26)48(52)53)15-7-11-29(50)17-24-8-5-9-25(16-24)22-47-37-27(20-44-39(46-37)45-28-10-6-13-42-21-28)18-30(38(47)51)33-34(40)31(54-3)19-32(55-4)35(33)41/h5-11,13-14,16,18-21H,12,15,17,22-23H2,1-4H3/p+1/b11-7+. The van der Waals surface area contributed by atoms with Crippen LogP contribution in [0.4, 0.5) is 20.4 Å². The summed E-state index contributed by atoms with van der Waals surface area (Å²) in [6.07, 6.45) is 9.86. The molecule has 0 amide bonds. The van der Waals surface area contributed by atoms with Crippen LogP contribution < -0.4 is 20.3 Å². The normalized spacial score (nSPS) is 12.8. The average molecular weight is 752 g/mol. The molecule has 0 spiro atoms. The Labute approximate surface area is 313 Å². The highest BCUT2D eigenvalue weighted by Gasteiger charge is 2.29. The average Bonchev–Trinajstić information content (AvgIpc) is 3.62. The maximum Gasteiger partial charge on any atom is 0.368 e. The van der Waals surface area contributed by atoms with Gasteiger partial charge in [-0.15, -0.1) is 0 Å². The molecule has 0 fully saturated rings. The first kappa shape index (κ1) is 38.1. The van der Waals surface area contributed by atoms with Crippen molar-refractivity contribution < 1.29 is 32.5 Å². The number of aromatic nitrogens is 4. The highest BCUT2D eigenvalue weighted by atomic mass is 19.1. The van der Waals surface area contributed by atoms with Crippen LogP contribution in [0.25, 0.3) is 22.2 Å². The number of anilines is 2. The number of benzene rings is 2. The Morgan fingerprint density at radius 2 is 1.80 bits per heavy atom. The number of hydrogen-bond acceptors (Lipinski definition) is 11. The molecular formula is C39H37F2N8O6+. The van der Waals surface area contributed by atoms with E-state index in [0.717, 1.165) is 6.07 Å². The van der Waals surface area contributed by atoms with Crippen LogP contribution in [-0.4, -0.2) is 82.3 Å². The van der Waals surface area contributed by atoms with E-state index in [1.165, 1.54) is 43.3 Å². The van der Waals surface area contributed by atoms with E-state index in [0.29, 0.717) is 51.8 Å². The van der Waals surface area contributed by atoms with Gasteiger partial charge in [0.2, 0.25) is 5.95 Å². The summed E-state index contributed by atoms with van der Waals surface area (Å²) >= 11 is 0. The number of likely N-dealkylation sites (N-methyl/N-ethyl adjacent to an activating group) is 1. The van der Waals surface area contributed by atoms with Crippen molar-refractivity contribution in [1.82, 2.24) is 19.5 Å². The molecule has 0 radical (unpaired) electrons. The number of ketones is 1. The number of fused-ring (bicyclic) bond motifs is 1. The van der Waals surface area contributed by atoms with Gasteiger partial charge in [-0.3, -0.25) is 19.1 Å². The van der Waals surface area contributed by atoms with Crippen molar-refractivity contribution in [2.24, 2.45) is 4.99 Å². The number of carbonyl (C=O) groups is 1. The van der Waals surface area contributed by atoms with Gasteiger partial charge in [-0.2, -0.15) is 4.98 Å². The van der Waals surface area contributed by atoms with E-state index in [4.69, 9.17) is 9.47 Å². The lowest BCUT2D eigenvalue weighted by Crippen LogP contribution is -2.41. The van der Waals surface area contributed by atoms with Gasteiger partial charge in [0.15, 0.2) is 28.9 Å². The number of pyridine rings is 2. The number of hydrogen-bond donors (Lipinski definition) is 1. The minimum atomic E-state index is -1.08. The quantitative estimate of drug-likeness (QED) is 0.0612. The highest BCUT2D eigenvalue weighted by molar-refractivity contribution is 5.91. The summed E-state index contributed by atoms with van der Waals surface area (Å²) in [6.45, 7) is 0.779. The van der Waals surface area contributed by atoms with Gasteiger partial charge in [-0.05, 0) is 46.4 Å². The SMILES string of the molecule is COc1cc(OC)c(F)c(-c2cc3cnc(Nc4cccnc4)nc3n(Cc3cccc(CC(=O)/C=C/C[N+](C)(C)CC4=C([N+](=O)[O-])N=CC4)c3)c2=O)c1F. The van der Waals surface area contributed by atoms with Gasteiger partial charge in [-0.25, -0.2) is 13.8 Å². The fraction of sp³-hybridized carbons (Fsp3) is 0.231. The predicted molar refractivity (Wildman–Crippen MR) is 202 cm³/mol. The van der Waals surface area contributed by atoms with Gasteiger partial charge in [0, 0.05) is 36.7 Å². The number of nitrogens with zero attached hydrogens (tertiary/aromatic N) is 7. The molecule has 0 saturated carbocycles. The van der Waals surface area contributed by atoms with Gasteiger partial charge in [0.05, 0.1) is 70.0 Å². The second-order valence-electron chi connectivity index (χ2n) is 13.4. The number of nitro groups is 1. The number of halogens is 2. The molecule has 1 aliphatic heterocycles. The monoisotopic (exact) mass is 751 g/mol. The molecule has 14 nitrogen and oxygen atoms in total. The predicted octanol–water partition coefficient (Wildman–Crippen LogP) is 5.65. The Morgan fingerprint density at radius 1 is 1.05 bits per heavy atom. The number of carbonyl (C=O) groups excluding carboxylic acids is 1. The minimum absolute atomic E-state index is 0.0549. The van der Waals surface area contributed by atoms with Crippen LogP contribution in [0.2, 0.25) is 0 Å². The van der Waals surface area contributed by atoms with Crippen LogP contribution in [0.15, 0.2) is 100 Å². The van der Waals surface area contributed by atoms with Gasteiger partial charge >= 0.3 is 5.82 Å². The van der Waals surface area contributed by atoms with E-state index in [2.05, 4.69) is 25.3 Å². The van der Waals surface area contributed by atoms with E-state index in [-0.39, 0.29) is 53.2 Å². The zero-order valence-corrected chi connectivity index (χ0v) is 30.5. The summed E-state index contributed by atoms with van der Waals surface area (Å²) in [6, 6.07) is 12.9. The molecule has 0 unspecified atom stereocenters. The molecule has 2 aromatic carbocycles. The third kappa shape index (κ3) is 8.60. The Morgan fingerprint density at radius 3 is 2.49 bits per heavy atom. The van der Waals surface area contributed by atoms with Crippen molar-refractivity contribution >= 4 is 34.7 Å². The highest BCUT2D eigenvalue weighted by Crippen LogP contribution is 2.37. The lowest BCUT2D eigenvalue weighted by atomic mass is 10.0. The second kappa shape index (κ2) is 16.1. The molecule has 5 aromatic rings. The molecule has 1 aliphatic rings. The molecule has 55 heavy (non-hydrogen) atoms. The molecule has 4 heterocycles. The number of allylic oxidation sites excluding steroid dienone is 1. The van der Waals surface area contributed by atoms with Crippen LogP contribution in [0.3, 0.4) is 0 Å². The number of quaternary nitrogens is 1. The number of nitrogens with one attached hydrogen (secondary N) is 1. The molecular weight excluding hydrogens is 714 g/mol. The molecule has 3 aromatic heterocycles. The summed E-state index contributed by atoms with van der Waals surface area (Å²) in [5.41, 5.74) is 1.01. The van der Waals surface area contributed by atoms with Crippen LogP contribution in [-0.2, 0) is 17.8 Å². The topological polar surface area (TPSA) is 164 Å². The zero-order chi connectivity index (χ0) is 39.3. The molecule has 0 aliphatic carbocycles. The van der Waals surface area contributed by atoms with Crippen molar-refractivity contribution in [2.45, 2.75) is 19.4 Å². The summed E-state index contributed by atoms with van der Waals surface area (Å²) < 4.78 is 43.4. The molecule has 6 rings (SSSR count). The maximum absolute atomic E-state index is 15.8. The van der Waals surface area contributed by atoms with Gasteiger partial charge in [0.1, 0.15) is 18.4 Å². The first-order chi connectivity index (χ1) is 26.4. The summed E-state index contributed by atoms with van der Waals surface area (Å²) in [5.74, 6) is -2.94. The molecule has 1 N–H and O–H groups in total. The first-order valence-electron chi connectivity index (χ1n) is 17.0. The first-order valence-corrected chi connectivity index (χ1v) is 17.0. The molecule has 16 heteroatoms. The number of aliphatic imine (C=N–C) groups is 1.